The van der Waals surface area contributed by atoms with Gasteiger partial charge in [0.25, 0.3) is 0 Å². The first-order chi connectivity index (χ1) is 12.0. The van der Waals surface area contributed by atoms with Gasteiger partial charge in [-0.3, -0.25) is 0 Å². The SMILES string of the molecule is CCCCCCCCCCCCCCCC1OCC(C[N+](C)(C)C)O1. The first-order valence-electron chi connectivity index (χ1n) is 11.1. The molecule has 1 aliphatic rings. The number of ether oxygens (including phenoxy) is 2. The summed E-state index contributed by atoms with van der Waals surface area (Å²) in [7, 11) is 6.63. The van der Waals surface area contributed by atoms with E-state index in [9.17, 15) is 0 Å². The smallest absolute Gasteiger partial charge is 0.158 e. The largest absolute Gasteiger partial charge is 0.350 e. The molecule has 150 valence electrons. The molecule has 2 unspecified atom stereocenters. The second-order valence-corrected chi connectivity index (χ2v) is 9.03. The normalized spacial score (nSPS) is 21.1. The minimum absolute atomic E-state index is 0.0595. The van der Waals surface area contributed by atoms with Gasteiger partial charge in [0.2, 0.25) is 0 Å². The second-order valence-electron chi connectivity index (χ2n) is 9.03. The summed E-state index contributed by atoms with van der Waals surface area (Å²) in [5.74, 6) is 0. The Balaban J connectivity index is 1.81. The maximum atomic E-state index is 6.01. The van der Waals surface area contributed by atoms with E-state index >= 15 is 0 Å². The quantitative estimate of drug-likeness (QED) is 0.253. The van der Waals surface area contributed by atoms with E-state index in [4.69, 9.17) is 9.47 Å². The molecule has 0 radical (unpaired) electrons. The molecule has 0 spiro atoms. The minimum Gasteiger partial charge on any atom is -0.350 e. The number of likely N-dealkylation sites (N-methyl/N-ethyl adjacent to an activating group) is 1. The molecule has 3 nitrogen and oxygen atoms in total. The van der Waals surface area contributed by atoms with Crippen molar-refractivity contribution in [3.8, 4) is 0 Å². The highest BCUT2D eigenvalue weighted by atomic mass is 16.7. The van der Waals surface area contributed by atoms with Crippen molar-refractivity contribution in [1.82, 2.24) is 0 Å². The molecule has 0 aliphatic carbocycles. The van der Waals surface area contributed by atoms with Crippen LogP contribution in [0.1, 0.15) is 96.8 Å². The number of nitrogens with zero attached hydrogens (tertiary/aromatic N) is 1. The van der Waals surface area contributed by atoms with E-state index in [0.717, 1.165) is 24.1 Å². The summed E-state index contributed by atoms with van der Waals surface area (Å²) in [6, 6.07) is 0. The predicted octanol–water partition coefficient (Wildman–Crippen LogP) is 5.92. The van der Waals surface area contributed by atoms with Crippen molar-refractivity contribution in [2.45, 2.75) is 109 Å². The standard InChI is InChI=1S/C22H46NO2/c1-5-6-7-8-9-10-11-12-13-14-15-16-17-18-22-24-20-21(25-22)19-23(2,3)4/h21-22H,5-20H2,1-4H3/q+1. The molecule has 1 saturated heterocycles. The van der Waals surface area contributed by atoms with Gasteiger partial charge in [0.15, 0.2) is 6.29 Å². The van der Waals surface area contributed by atoms with Crippen LogP contribution in [-0.4, -0.2) is 51.2 Å². The lowest BCUT2D eigenvalue weighted by Gasteiger charge is -2.26. The minimum atomic E-state index is 0.0595. The van der Waals surface area contributed by atoms with Crippen LogP contribution in [-0.2, 0) is 9.47 Å². The van der Waals surface area contributed by atoms with Gasteiger partial charge in [0.05, 0.1) is 27.7 Å². The van der Waals surface area contributed by atoms with Gasteiger partial charge in [0.1, 0.15) is 12.6 Å². The van der Waals surface area contributed by atoms with E-state index in [-0.39, 0.29) is 12.4 Å². The summed E-state index contributed by atoms with van der Waals surface area (Å²) in [5, 5.41) is 0. The van der Waals surface area contributed by atoms with Gasteiger partial charge >= 0.3 is 0 Å². The summed E-state index contributed by atoms with van der Waals surface area (Å²) in [6.07, 6.45) is 19.7. The Hall–Kier alpha value is -0.120. The molecule has 3 heteroatoms. The maximum absolute atomic E-state index is 6.01. The van der Waals surface area contributed by atoms with Crippen LogP contribution in [0.5, 0.6) is 0 Å². The van der Waals surface area contributed by atoms with Crippen molar-refractivity contribution in [1.29, 1.82) is 0 Å². The maximum Gasteiger partial charge on any atom is 0.158 e. The zero-order valence-electron chi connectivity index (χ0n) is 17.7. The molecule has 0 aromatic heterocycles. The Kier molecular flexibility index (Phi) is 12.8. The molecule has 0 N–H and O–H groups in total. The summed E-state index contributed by atoms with van der Waals surface area (Å²) < 4.78 is 12.7. The van der Waals surface area contributed by atoms with Crippen LogP contribution in [0.25, 0.3) is 0 Å². The lowest BCUT2D eigenvalue weighted by molar-refractivity contribution is -0.873. The van der Waals surface area contributed by atoms with Crippen LogP contribution in [0, 0.1) is 0 Å². The number of rotatable bonds is 16. The predicted molar refractivity (Wildman–Crippen MR) is 108 cm³/mol. The van der Waals surface area contributed by atoms with E-state index in [0.29, 0.717) is 0 Å². The van der Waals surface area contributed by atoms with Crippen molar-refractivity contribution >= 4 is 0 Å². The number of hydrogen-bond donors (Lipinski definition) is 0. The Morgan fingerprint density at radius 1 is 0.720 bits per heavy atom. The Labute approximate surface area is 158 Å². The monoisotopic (exact) mass is 356 g/mol. The van der Waals surface area contributed by atoms with Gasteiger partial charge in [-0.15, -0.1) is 0 Å². The van der Waals surface area contributed by atoms with Crippen molar-refractivity contribution in [3.63, 3.8) is 0 Å². The first kappa shape index (κ1) is 22.9. The molecule has 0 aromatic rings. The fourth-order valence-corrected chi connectivity index (χ4v) is 3.69. The number of quaternary nitrogens is 1. The zero-order valence-corrected chi connectivity index (χ0v) is 17.7. The highest BCUT2D eigenvalue weighted by Gasteiger charge is 2.29. The zero-order chi connectivity index (χ0) is 18.4. The summed E-state index contributed by atoms with van der Waals surface area (Å²) in [6.45, 7) is 4.10. The average molecular weight is 357 g/mol. The molecule has 1 aliphatic heterocycles. The van der Waals surface area contributed by atoms with Crippen molar-refractivity contribution in [2.75, 3.05) is 34.3 Å². The Morgan fingerprint density at radius 2 is 1.20 bits per heavy atom. The Morgan fingerprint density at radius 3 is 1.68 bits per heavy atom. The average Bonchev–Trinajstić information content (AvgIpc) is 2.97. The molecular weight excluding hydrogens is 310 g/mol. The van der Waals surface area contributed by atoms with Gasteiger partial charge in [-0.05, 0) is 12.8 Å². The lowest BCUT2D eigenvalue weighted by Crippen LogP contribution is -2.42. The van der Waals surface area contributed by atoms with E-state index < -0.39 is 0 Å². The molecule has 1 heterocycles. The number of unbranched alkanes of at least 4 members (excludes halogenated alkanes) is 12. The Bertz CT molecular complexity index is 301. The molecule has 25 heavy (non-hydrogen) atoms. The van der Waals surface area contributed by atoms with Crippen LogP contribution < -0.4 is 0 Å². The first-order valence-corrected chi connectivity index (χ1v) is 11.1. The topological polar surface area (TPSA) is 18.5 Å². The van der Waals surface area contributed by atoms with Gasteiger partial charge < -0.3 is 14.0 Å². The fourth-order valence-electron chi connectivity index (χ4n) is 3.69. The van der Waals surface area contributed by atoms with Crippen molar-refractivity contribution in [3.05, 3.63) is 0 Å². The third-order valence-electron chi connectivity index (χ3n) is 5.11. The van der Waals surface area contributed by atoms with E-state index in [1.54, 1.807) is 0 Å². The molecule has 1 fully saturated rings. The third kappa shape index (κ3) is 13.7. The molecule has 0 bridgehead atoms. The van der Waals surface area contributed by atoms with Crippen molar-refractivity contribution in [2.24, 2.45) is 0 Å². The molecule has 0 saturated carbocycles. The molecule has 0 amide bonds. The van der Waals surface area contributed by atoms with Gasteiger partial charge in [-0.2, -0.15) is 0 Å². The lowest BCUT2D eigenvalue weighted by atomic mass is 10.0. The van der Waals surface area contributed by atoms with Crippen molar-refractivity contribution < 1.29 is 14.0 Å². The van der Waals surface area contributed by atoms with Crippen LogP contribution >= 0.6 is 0 Å². The van der Waals surface area contributed by atoms with Crippen LogP contribution in [0.15, 0.2) is 0 Å². The van der Waals surface area contributed by atoms with Crippen LogP contribution in [0.2, 0.25) is 0 Å². The number of hydrogen-bond acceptors (Lipinski definition) is 2. The molecule has 0 aromatic carbocycles. The van der Waals surface area contributed by atoms with Gasteiger partial charge in [-0.1, -0.05) is 84.0 Å². The van der Waals surface area contributed by atoms with E-state index in [2.05, 4.69) is 28.1 Å². The molecular formula is C22H46NO2+. The third-order valence-corrected chi connectivity index (χ3v) is 5.11. The van der Waals surface area contributed by atoms with Crippen LogP contribution in [0.4, 0.5) is 0 Å². The van der Waals surface area contributed by atoms with E-state index in [1.165, 1.54) is 83.5 Å². The molecule has 1 rings (SSSR count). The van der Waals surface area contributed by atoms with Crippen LogP contribution in [0.3, 0.4) is 0 Å². The summed E-state index contributed by atoms with van der Waals surface area (Å²) in [5.41, 5.74) is 0. The van der Waals surface area contributed by atoms with Gasteiger partial charge in [0, 0.05) is 0 Å². The molecule has 2 atom stereocenters. The highest BCUT2D eigenvalue weighted by molar-refractivity contribution is 4.65. The fraction of sp³-hybridized carbons (Fsp3) is 1.00. The van der Waals surface area contributed by atoms with E-state index in [1.807, 2.05) is 0 Å². The van der Waals surface area contributed by atoms with Gasteiger partial charge in [-0.25, -0.2) is 0 Å². The second kappa shape index (κ2) is 14.0. The highest BCUT2D eigenvalue weighted by Crippen LogP contribution is 2.19. The summed E-state index contributed by atoms with van der Waals surface area (Å²) in [4.78, 5) is 0. The summed E-state index contributed by atoms with van der Waals surface area (Å²) >= 11 is 0.